The zero-order chi connectivity index (χ0) is 8.81. The molecule has 1 rings (SSSR count). The zero-order valence-corrected chi connectivity index (χ0v) is 12.8. The molecule has 0 heterocycles. The number of likely N-dealkylation sites (N-methyl/N-ethyl adjacent to an activating group) is 1. The monoisotopic (exact) mass is 407 g/mol. The number of hydrogen-bond donors (Lipinski definition) is 1. The van der Waals surface area contributed by atoms with Crippen LogP contribution in [0.3, 0.4) is 0 Å². The van der Waals surface area contributed by atoms with E-state index >= 15 is 0 Å². The minimum Gasteiger partial charge on any atom is -0.342 e. The van der Waals surface area contributed by atoms with Gasteiger partial charge in [0, 0.05) is 50.2 Å². The predicted molar refractivity (Wildman–Crippen MR) is 53.1 cm³/mol. The Hall–Kier alpha value is 0.972. The third kappa shape index (κ3) is 5.42. The van der Waals surface area contributed by atoms with Crippen molar-refractivity contribution in [1.82, 2.24) is 10.2 Å². The van der Waals surface area contributed by atoms with E-state index < -0.39 is 0 Å². The number of hydrogen-bond acceptors (Lipinski definition) is 2. The van der Waals surface area contributed by atoms with Gasteiger partial charge in [-0.2, -0.15) is 6.42 Å². The molecule has 0 unspecified atom stereocenters. The molecule has 1 aliphatic carbocycles. The largest absolute Gasteiger partial charge is 0.342 e. The van der Waals surface area contributed by atoms with Crippen molar-refractivity contribution in [1.29, 1.82) is 0 Å². The smallest absolute Gasteiger partial charge is 0.0107 e. The van der Waals surface area contributed by atoms with Crippen LogP contribution in [0.25, 0.3) is 0 Å². The molecule has 0 spiro atoms. The summed E-state index contributed by atoms with van der Waals surface area (Å²) in [5, 5.41) is 3.36. The maximum Gasteiger partial charge on any atom is 0.0107 e. The Labute approximate surface area is 106 Å². The third-order valence-electron chi connectivity index (χ3n) is 2.69. The van der Waals surface area contributed by atoms with Crippen LogP contribution in [0.1, 0.15) is 25.7 Å². The van der Waals surface area contributed by atoms with Gasteiger partial charge >= 0.3 is 0 Å². The molecule has 0 bridgehead atoms. The van der Waals surface area contributed by atoms with Gasteiger partial charge in [0.25, 0.3) is 0 Å². The molecule has 1 aliphatic rings. The minimum absolute atomic E-state index is 0. The van der Waals surface area contributed by atoms with E-state index in [0.717, 1.165) is 25.6 Å². The van der Waals surface area contributed by atoms with E-state index in [-0.39, 0.29) is 31.1 Å². The molecule has 1 saturated carbocycles. The molecule has 0 aromatic carbocycles. The third-order valence-corrected chi connectivity index (χ3v) is 2.69. The second kappa shape index (κ2) is 8.29. The number of nitrogens with one attached hydrogen (secondary N) is 1. The van der Waals surface area contributed by atoms with Gasteiger partial charge in [-0.15, -0.1) is 0 Å². The van der Waals surface area contributed by atoms with Crippen molar-refractivity contribution < 1.29 is 31.1 Å². The van der Waals surface area contributed by atoms with E-state index in [4.69, 9.17) is 0 Å². The second-order valence-corrected chi connectivity index (χ2v) is 3.67. The van der Waals surface area contributed by atoms with Crippen LogP contribution in [-0.4, -0.2) is 37.6 Å². The normalized spacial score (nSPS) is 16.8. The van der Waals surface area contributed by atoms with Crippen molar-refractivity contribution in [3.63, 3.8) is 0 Å². The number of rotatable bonds is 6. The van der Waals surface area contributed by atoms with Gasteiger partial charge in [-0.05, 0) is 26.4 Å². The minimum atomic E-state index is 0. The van der Waals surface area contributed by atoms with Gasteiger partial charge in [0.15, 0.2) is 0 Å². The van der Waals surface area contributed by atoms with Gasteiger partial charge in [0.2, 0.25) is 0 Å². The molecule has 3 heteroatoms. The molecule has 0 aliphatic heterocycles. The van der Waals surface area contributed by atoms with E-state index in [1.807, 2.05) is 0 Å². The summed E-state index contributed by atoms with van der Waals surface area (Å²) in [6.07, 6.45) is 5.24. The van der Waals surface area contributed by atoms with Crippen molar-refractivity contribution in [3.8, 4) is 0 Å². The standard InChI is InChI=1S/C10H21N2.U/c1-3-7-11-8-9-12(2)10-5-4-6-10;/h10-11H,1,3-9H2,2H3;/q-1;. The van der Waals surface area contributed by atoms with Gasteiger partial charge in [0.1, 0.15) is 0 Å². The van der Waals surface area contributed by atoms with Crippen molar-refractivity contribution in [2.24, 2.45) is 0 Å². The first-order valence-corrected chi connectivity index (χ1v) is 5.05. The summed E-state index contributed by atoms with van der Waals surface area (Å²) in [5.41, 5.74) is 0. The molecule has 0 amide bonds. The molecular weight excluding hydrogens is 386 g/mol. The van der Waals surface area contributed by atoms with Crippen LogP contribution >= 0.6 is 0 Å². The Morgan fingerprint density at radius 2 is 2.08 bits per heavy atom. The van der Waals surface area contributed by atoms with Crippen molar-refractivity contribution in [3.05, 3.63) is 6.92 Å². The summed E-state index contributed by atoms with van der Waals surface area (Å²) in [4.78, 5) is 2.47. The van der Waals surface area contributed by atoms with Gasteiger partial charge in [-0.1, -0.05) is 6.42 Å². The molecule has 2 nitrogen and oxygen atoms in total. The average molecular weight is 407 g/mol. The molecule has 13 heavy (non-hydrogen) atoms. The fourth-order valence-corrected chi connectivity index (χ4v) is 1.52. The molecule has 76 valence electrons. The van der Waals surface area contributed by atoms with Crippen LogP contribution in [0.4, 0.5) is 0 Å². The van der Waals surface area contributed by atoms with E-state index in [1.165, 1.54) is 25.8 Å². The fraction of sp³-hybridized carbons (Fsp3) is 0.900. The first kappa shape index (κ1) is 14.0. The first-order chi connectivity index (χ1) is 5.84. The summed E-state index contributed by atoms with van der Waals surface area (Å²) in [5.74, 6) is 0. The summed E-state index contributed by atoms with van der Waals surface area (Å²) in [7, 11) is 2.23. The van der Waals surface area contributed by atoms with E-state index in [1.54, 1.807) is 0 Å². The van der Waals surface area contributed by atoms with E-state index in [2.05, 4.69) is 24.2 Å². The predicted octanol–water partition coefficient (Wildman–Crippen LogP) is 1.28. The van der Waals surface area contributed by atoms with Crippen LogP contribution in [0, 0.1) is 38.0 Å². The molecule has 0 saturated heterocycles. The summed E-state index contributed by atoms with van der Waals surface area (Å²) in [6.45, 7) is 7.14. The van der Waals surface area contributed by atoms with Gasteiger partial charge in [-0.25, -0.2) is 0 Å². The molecule has 1 fully saturated rings. The van der Waals surface area contributed by atoms with Gasteiger partial charge in [0.05, 0.1) is 0 Å². The first-order valence-electron chi connectivity index (χ1n) is 5.05. The van der Waals surface area contributed by atoms with E-state index in [9.17, 15) is 0 Å². The van der Waals surface area contributed by atoms with Crippen LogP contribution < -0.4 is 5.32 Å². The summed E-state index contributed by atoms with van der Waals surface area (Å²) >= 11 is 0. The van der Waals surface area contributed by atoms with Crippen molar-refractivity contribution in [2.75, 3.05) is 26.7 Å². The van der Waals surface area contributed by atoms with Crippen LogP contribution in [0.5, 0.6) is 0 Å². The summed E-state index contributed by atoms with van der Waals surface area (Å²) < 4.78 is 0. The molecule has 0 aromatic heterocycles. The average Bonchev–Trinajstić information content (AvgIpc) is 1.95. The Bertz CT molecular complexity index is 115. The Morgan fingerprint density at radius 3 is 2.54 bits per heavy atom. The maximum atomic E-state index is 3.79. The van der Waals surface area contributed by atoms with Crippen LogP contribution in [0.2, 0.25) is 0 Å². The van der Waals surface area contributed by atoms with Crippen LogP contribution in [0.15, 0.2) is 0 Å². The Morgan fingerprint density at radius 1 is 1.38 bits per heavy atom. The molecule has 0 atom stereocenters. The van der Waals surface area contributed by atoms with Gasteiger partial charge < -0.3 is 17.1 Å². The number of nitrogens with zero attached hydrogens (tertiary/aromatic N) is 1. The Kier molecular flexibility index (Phi) is 8.91. The van der Waals surface area contributed by atoms with E-state index in [0.29, 0.717) is 0 Å². The second-order valence-electron chi connectivity index (χ2n) is 3.67. The Balaban J connectivity index is 0.00000144. The molecule has 0 radical (unpaired) electrons. The molecular formula is C10H21N2U-. The van der Waals surface area contributed by atoms with Crippen molar-refractivity contribution >= 4 is 0 Å². The fourth-order valence-electron chi connectivity index (χ4n) is 1.52. The topological polar surface area (TPSA) is 15.3 Å². The van der Waals surface area contributed by atoms with Crippen molar-refractivity contribution in [2.45, 2.75) is 31.7 Å². The van der Waals surface area contributed by atoms with Gasteiger partial charge in [-0.3, -0.25) is 0 Å². The maximum absolute atomic E-state index is 3.79. The molecule has 0 aromatic rings. The quantitative estimate of drug-likeness (QED) is 0.528. The zero-order valence-electron chi connectivity index (χ0n) is 8.68. The summed E-state index contributed by atoms with van der Waals surface area (Å²) in [6, 6.07) is 0.881. The molecule has 1 N–H and O–H groups in total. The SMILES string of the molecule is [CH2-]CCNCCN(C)C1CCC1.[U]. The van der Waals surface area contributed by atoms with Crippen LogP contribution in [-0.2, 0) is 0 Å².